The third-order valence-electron chi connectivity index (χ3n) is 2.78. The summed E-state index contributed by atoms with van der Waals surface area (Å²) in [4.78, 5) is 16.2. The lowest BCUT2D eigenvalue weighted by molar-refractivity contribution is 0.102. The maximum absolute atomic E-state index is 12.3. The van der Waals surface area contributed by atoms with Gasteiger partial charge in [-0.25, -0.2) is 13.4 Å². The number of carbonyl (C=O) groups is 1. The lowest BCUT2D eigenvalue weighted by atomic mass is 10.2. The molecule has 114 valence electrons. The van der Waals surface area contributed by atoms with E-state index in [4.69, 9.17) is 8.83 Å². The molecule has 0 fully saturated rings. The van der Waals surface area contributed by atoms with Gasteiger partial charge in [-0.3, -0.25) is 4.79 Å². The Labute approximate surface area is 129 Å². The lowest BCUT2D eigenvalue weighted by Gasteiger charge is -2.04. The minimum Gasteiger partial charge on any atom is -0.461 e. The number of nitrogens with zero attached hydrogens (tertiary/aromatic N) is 1. The smallest absolute Gasteiger partial charge is 0.279 e. The SMILES string of the molecule is CS(=O)(=O)c1ccsc1NC(=O)c1ncoc1-c1ccco1. The van der Waals surface area contributed by atoms with Crippen LogP contribution < -0.4 is 5.32 Å². The van der Waals surface area contributed by atoms with E-state index in [9.17, 15) is 13.2 Å². The molecule has 0 radical (unpaired) electrons. The molecule has 0 aliphatic carbocycles. The zero-order valence-electron chi connectivity index (χ0n) is 11.3. The summed E-state index contributed by atoms with van der Waals surface area (Å²) in [6.07, 6.45) is 3.65. The number of anilines is 1. The zero-order chi connectivity index (χ0) is 15.7. The first-order valence-electron chi connectivity index (χ1n) is 6.03. The average Bonchev–Trinajstić information content (AvgIpc) is 3.18. The molecule has 0 aromatic carbocycles. The van der Waals surface area contributed by atoms with Gasteiger partial charge in [0, 0.05) is 6.26 Å². The highest BCUT2D eigenvalue weighted by molar-refractivity contribution is 7.91. The molecular formula is C13H10N2O5S2. The van der Waals surface area contributed by atoms with E-state index in [1.807, 2.05) is 0 Å². The van der Waals surface area contributed by atoms with Crippen LogP contribution in [-0.4, -0.2) is 25.6 Å². The number of hydrogen-bond acceptors (Lipinski definition) is 7. The first-order chi connectivity index (χ1) is 10.5. The minimum absolute atomic E-state index is 0.0165. The largest absolute Gasteiger partial charge is 0.461 e. The lowest BCUT2D eigenvalue weighted by Crippen LogP contribution is -2.14. The van der Waals surface area contributed by atoms with Crippen molar-refractivity contribution in [3.8, 4) is 11.5 Å². The Morgan fingerprint density at radius 3 is 2.82 bits per heavy atom. The van der Waals surface area contributed by atoms with Crippen LogP contribution in [0.25, 0.3) is 11.5 Å². The number of oxazole rings is 1. The third kappa shape index (κ3) is 2.68. The summed E-state index contributed by atoms with van der Waals surface area (Å²) in [6, 6.07) is 4.72. The number of thiophene rings is 1. The number of furan rings is 1. The van der Waals surface area contributed by atoms with Gasteiger partial charge in [0.25, 0.3) is 5.91 Å². The molecule has 7 nitrogen and oxygen atoms in total. The summed E-state index contributed by atoms with van der Waals surface area (Å²) in [5, 5.41) is 4.36. The Balaban J connectivity index is 1.91. The van der Waals surface area contributed by atoms with E-state index < -0.39 is 15.7 Å². The molecule has 0 spiro atoms. The molecule has 9 heteroatoms. The highest BCUT2D eigenvalue weighted by atomic mass is 32.2. The van der Waals surface area contributed by atoms with Crippen molar-refractivity contribution in [2.75, 3.05) is 11.6 Å². The maximum Gasteiger partial charge on any atom is 0.279 e. The van der Waals surface area contributed by atoms with Crippen molar-refractivity contribution in [3.05, 3.63) is 41.9 Å². The van der Waals surface area contributed by atoms with Crippen LogP contribution >= 0.6 is 11.3 Å². The van der Waals surface area contributed by atoms with Crippen molar-refractivity contribution in [1.29, 1.82) is 0 Å². The molecule has 3 aromatic heterocycles. The highest BCUT2D eigenvalue weighted by Gasteiger charge is 2.23. The number of sulfone groups is 1. The van der Waals surface area contributed by atoms with Gasteiger partial charge < -0.3 is 14.2 Å². The van der Waals surface area contributed by atoms with Crippen LogP contribution in [0.15, 0.2) is 50.0 Å². The minimum atomic E-state index is -3.42. The van der Waals surface area contributed by atoms with Gasteiger partial charge in [0.05, 0.1) is 6.26 Å². The summed E-state index contributed by atoms with van der Waals surface area (Å²) in [5.74, 6) is -0.0374. The molecule has 22 heavy (non-hydrogen) atoms. The van der Waals surface area contributed by atoms with Crippen molar-refractivity contribution in [2.24, 2.45) is 0 Å². The Kier molecular flexibility index (Phi) is 3.59. The van der Waals surface area contributed by atoms with Crippen LogP contribution in [0.1, 0.15) is 10.5 Å². The highest BCUT2D eigenvalue weighted by Crippen LogP contribution is 2.29. The van der Waals surface area contributed by atoms with Gasteiger partial charge in [-0.05, 0) is 23.6 Å². The first kappa shape index (κ1) is 14.5. The number of nitrogens with one attached hydrogen (secondary N) is 1. The zero-order valence-corrected chi connectivity index (χ0v) is 12.9. The van der Waals surface area contributed by atoms with Crippen molar-refractivity contribution < 1.29 is 22.0 Å². The number of rotatable bonds is 4. The van der Waals surface area contributed by atoms with Crippen LogP contribution in [0, 0.1) is 0 Å². The number of aromatic nitrogens is 1. The van der Waals surface area contributed by atoms with Gasteiger partial charge in [-0.15, -0.1) is 11.3 Å². The van der Waals surface area contributed by atoms with E-state index in [1.54, 1.807) is 17.5 Å². The van der Waals surface area contributed by atoms with E-state index in [-0.39, 0.29) is 21.4 Å². The normalized spacial score (nSPS) is 11.5. The molecule has 0 aliphatic rings. The average molecular weight is 338 g/mol. The van der Waals surface area contributed by atoms with E-state index >= 15 is 0 Å². The molecule has 0 saturated heterocycles. The fraction of sp³-hybridized carbons (Fsp3) is 0.0769. The summed E-state index contributed by atoms with van der Waals surface area (Å²) in [5.41, 5.74) is 0.0165. The number of carbonyl (C=O) groups excluding carboxylic acids is 1. The third-order valence-corrected chi connectivity index (χ3v) is 4.88. The monoisotopic (exact) mass is 338 g/mol. The summed E-state index contributed by atoms with van der Waals surface area (Å²) in [6.45, 7) is 0. The summed E-state index contributed by atoms with van der Waals surface area (Å²) in [7, 11) is -3.42. The molecule has 0 aliphatic heterocycles. The second-order valence-corrected chi connectivity index (χ2v) is 7.25. The quantitative estimate of drug-likeness (QED) is 0.784. The molecule has 3 heterocycles. The van der Waals surface area contributed by atoms with Gasteiger partial charge in [0.15, 0.2) is 27.7 Å². The van der Waals surface area contributed by atoms with Crippen molar-refractivity contribution in [2.45, 2.75) is 4.90 Å². The number of amides is 1. The van der Waals surface area contributed by atoms with Crippen molar-refractivity contribution >= 4 is 32.1 Å². The topological polar surface area (TPSA) is 102 Å². The van der Waals surface area contributed by atoms with Gasteiger partial charge in [-0.2, -0.15) is 0 Å². The fourth-order valence-corrected chi connectivity index (χ4v) is 3.90. The Morgan fingerprint density at radius 2 is 2.14 bits per heavy atom. The predicted molar refractivity (Wildman–Crippen MR) is 79.6 cm³/mol. The summed E-state index contributed by atoms with van der Waals surface area (Å²) >= 11 is 1.11. The van der Waals surface area contributed by atoms with E-state index in [0.717, 1.165) is 24.0 Å². The van der Waals surface area contributed by atoms with Crippen LogP contribution in [0.4, 0.5) is 5.00 Å². The first-order valence-corrected chi connectivity index (χ1v) is 8.80. The van der Waals surface area contributed by atoms with Crippen LogP contribution in [0.2, 0.25) is 0 Å². The molecule has 0 unspecified atom stereocenters. The fourth-order valence-electron chi connectivity index (χ4n) is 1.83. The molecule has 0 bridgehead atoms. The molecule has 0 saturated carbocycles. The van der Waals surface area contributed by atoms with Gasteiger partial charge in [0.2, 0.25) is 5.76 Å². The molecular weight excluding hydrogens is 328 g/mol. The second kappa shape index (κ2) is 5.43. The summed E-state index contributed by atoms with van der Waals surface area (Å²) < 4.78 is 33.6. The van der Waals surface area contributed by atoms with Crippen molar-refractivity contribution in [1.82, 2.24) is 4.98 Å². The van der Waals surface area contributed by atoms with Gasteiger partial charge >= 0.3 is 0 Å². The second-order valence-electron chi connectivity index (χ2n) is 4.35. The van der Waals surface area contributed by atoms with E-state index in [1.165, 1.54) is 12.3 Å². The molecule has 1 amide bonds. The van der Waals surface area contributed by atoms with Crippen LogP contribution in [0.5, 0.6) is 0 Å². The maximum atomic E-state index is 12.3. The standard InChI is InChI=1S/C13H10N2O5S2/c1-22(17,18)9-4-6-21-13(9)15-12(16)10-11(20-7-14-10)8-3-2-5-19-8/h2-7H,1H3,(H,15,16). The van der Waals surface area contributed by atoms with E-state index in [2.05, 4.69) is 10.3 Å². The Bertz CT molecular complexity index is 906. The Morgan fingerprint density at radius 1 is 1.32 bits per heavy atom. The van der Waals surface area contributed by atoms with Crippen LogP contribution in [0.3, 0.4) is 0 Å². The van der Waals surface area contributed by atoms with Gasteiger partial charge in [0.1, 0.15) is 9.90 Å². The molecule has 1 N–H and O–H groups in total. The molecule has 3 aromatic rings. The number of hydrogen-bond donors (Lipinski definition) is 1. The van der Waals surface area contributed by atoms with Crippen LogP contribution in [-0.2, 0) is 9.84 Å². The van der Waals surface area contributed by atoms with Gasteiger partial charge in [-0.1, -0.05) is 0 Å². The van der Waals surface area contributed by atoms with Crippen molar-refractivity contribution in [3.63, 3.8) is 0 Å². The predicted octanol–water partition coefficient (Wildman–Crippen LogP) is 2.65. The molecule has 0 atom stereocenters. The van der Waals surface area contributed by atoms with E-state index in [0.29, 0.717) is 5.76 Å². The molecule has 3 rings (SSSR count). The Hall–Kier alpha value is -2.39.